The molecule has 2 aromatic carbocycles. The molecule has 5 heteroatoms. The molecule has 0 saturated heterocycles. The van der Waals surface area contributed by atoms with E-state index in [0.29, 0.717) is 0 Å². The van der Waals surface area contributed by atoms with Crippen molar-refractivity contribution < 1.29 is 34.4 Å². The number of carbonyl (C=O) groups is 1. The van der Waals surface area contributed by atoms with Crippen LogP contribution in [0.5, 0.6) is 0 Å². The van der Waals surface area contributed by atoms with E-state index < -0.39 is 5.41 Å². The molecule has 1 radical (unpaired) electrons. The summed E-state index contributed by atoms with van der Waals surface area (Å²) < 4.78 is 5.71. The predicted octanol–water partition coefficient (Wildman–Crippen LogP) is 8.15. The Balaban J connectivity index is 0.000000271. The molecule has 0 spiro atoms. The van der Waals surface area contributed by atoms with E-state index in [4.69, 9.17) is 9.40 Å². The zero-order valence-corrected chi connectivity index (χ0v) is 24.1. The summed E-state index contributed by atoms with van der Waals surface area (Å²) in [5.41, 5.74) is 5.21. The molecule has 0 aliphatic carbocycles. The second-order valence-electron chi connectivity index (χ2n) is 10.8. The van der Waals surface area contributed by atoms with E-state index in [1.807, 2.05) is 65.8 Å². The number of aryl methyl sites for hydroxylation is 2. The van der Waals surface area contributed by atoms with E-state index in [0.717, 1.165) is 38.7 Å². The molecule has 187 valence electrons. The fraction of sp³-hybridized carbons (Fsp3) is 0.333. The van der Waals surface area contributed by atoms with Crippen molar-refractivity contribution in [3.63, 3.8) is 0 Å². The maximum atomic E-state index is 11.5. The van der Waals surface area contributed by atoms with Crippen LogP contribution in [0, 0.1) is 30.7 Å². The van der Waals surface area contributed by atoms with Gasteiger partial charge in [0.1, 0.15) is 11.3 Å². The molecule has 0 fully saturated rings. The molecular weight excluding hydrogens is 615 g/mol. The molecule has 0 atom stereocenters. The smallest absolute Gasteiger partial charge is 0.164 e. The Morgan fingerprint density at radius 2 is 1.63 bits per heavy atom. The van der Waals surface area contributed by atoms with Gasteiger partial charge in [-0.05, 0) is 12.1 Å². The third-order valence-corrected chi connectivity index (χ3v) is 5.49. The van der Waals surface area contributed by atoms with Gasteiger partial charge in [0.25, 0.3) is 0 Å². The first-order valence-corrected chi connectivity index (χ1v) is 11.5. The Labute approximate surface area is 221 Å². The summed E-state index contributed by atoms with van der Waals surface area (Å²) in [6.07, 6.45) is 3.06. The Bertz CT molecular complexity index is 1350. The molecular formula is C30H34IrNO3-. The molecule has 4 aromatic rings. The first-order valence-electron chi connectivity index (χ1n) is 11.5. The largest absolute Gasteiger partial charge is 0.512 e. The van der Waals surface area contributed by atoms with Crippen LogP contribution in [-0.2, 0) is 24.9 Å². The molecule has 4 rings (SSSR count). The van der Waals surface area contributed by atoms with Gasteiger partial charge in [-0.2, -0.15) is 0 Å². The minimum atomic E-state index is -0.417. The van der Waals surface area contributed by atoms with Crippen LogP contribution in [0.25, 0.3) is 33.1 Å². The maximum Gasteiger partial charge on any atom is 0.164 e. The number of benzene rings is 2. The third-order valence-electron chi connectivity index (χ3n) is 5.49. The van der Waals surface area contributed by atoms with Gasteiger partial charge in [0.05, 0.1) is 11.8 Å². The Morgan fingerprint density at radius 1 is 0.971 bits per heavy atom. The van der Waals surface area contributed by atoms with Gasteiger partial charge in [0.2, 0.25) is 0 Å². The van der Waals surface area contributed by atoms with Crippen LogP contribution in [-0.4, -0.2) is 15.9 Å². The maximum absolute atomic E-state index is 11.5. The number of pyridine rings is 1. The first kappa shape index (κ1) is 28.5. The minimum Gasteiger partial charge on any atom is -0.512 e. The van der Waals surface area contributed by atoms with E-state index in [1.165, 1.54) is 11.6 Å². The van der Waals surface area contributed by atoms with Crippen LogP contribution < -0.4 is 0 Å². The summed E-state index contributed by atoms with van der Waals surface area (Å²) in [4.78, 5) is 16.3. The summed E-state index contributed by atoms with van der Waals surface area (Å²) in [6.45, 7) is 15.3. The van der Waals surface area contributed by atoms with Gasteiger partial charge >= 0.3 is 0 Å². The third kappa shape index (κ3) is 6.90. The number of aliphatic hydroxyl groups is 1. The number of nitrogens with zero attached hydrogens (tertiary/aromatic N) is 1. The SMILES string of the molecule is CC(C)(C)C(=O)/C=C(\O)C(C)(C)C.Cc1[c-]c(-c2nc3ccccc3c3ccoc23)cc(C)c1.[Ir]. The molecule has 35 heavy (non-hydrogen) atoms. The number of hydrogen-bond donors (Lipinski definition) is 1. The number of ketones is 1. The predicted molar refractivity (Wildman–Crippen MR) is 140 cm³/mol. The van der Waals surface area contributed by atoms with Crippen LogP contribution in [0.15, 0.2) is 65.0 Å². The number of rotatable bonds is 2. The summed E-state index contributed by atoms with van der Waals surface area (Å²) >= 11 is 0. The van der Waals surface area contributed by atoms with Crippen LogP contribution in [0.1, 0.15) is 52.7 Å². The second kappa shape index (κ2) is 10.9. The van der Waals surface area contributed by atoms with Gasteiger partial charge in [0.15, 0.2) is 5.78 Å². The van der Waals surface area contributed by atoms with Crippen LogP contribution in [0.4, 0.5) is 0 Å². The van der Waals surface area contributed by atoms with Crippen molar-refractivity contribution in [2.45, 2.75) is 55.4 Å². The van der Waals surface area contributed by atoms with Crippen LogP contribution in [0.2, 0.25) is 0 Å². The van der Waals surface area contributed by atoms with Crippen molar-refractivity contribution in [3.05, 3.63) is 77.8 Å². The van der Waals surface area contributed by atoms with Gasteiger partial charge in [0, 0.05) is 53.5 Å². The monoisotopic (exact) mass is 649 g/mol. The summed E-state index contributed by atoms with van der Waals surface area (Å²) in [6, 6.07) is 17.8. The average Bonchev–Trinajstić information content (AvgIpc) is 3.21. The quantitative estimate of drug-likeness (QED) is 0.135. The molecule has 2 aromatic heterocycles. The van der Waals surface area contributed by atoms with Gasteiger partial charge in [-0.3, -0.25) is 9.78 Å². The van der Waals surface area contributed by atoms with Crippen molar-refractivity contribution in [2.75, 3.05) is 0 Å². The van der Waals surface area contributed by atoms with Crippen molar-refractivity contribution in [3.8, 4) is 11.3 Å². The topological polar surface area (TPSA) is 63.3 Å². The molecule has 4 nitrogen and oxygen atoms in total. The van der Waals surface area contributed by atoms with Crippen LogP contribution in [0.3, 0.4) is 0 Å². The molecule has 0 unspecified atom stereocenters. The number of fused-ring (bicyclic) bond motifs is 3. The van der Waals surface area contributed by atoms with Crippen molar-refractivity contribution in [1.82, 2.24) is 4.98 Å². The normalized spacial score (nSPS) is 12.2. The summed E-state index contributed by atoms with van der Waals surface area (Å²) in [7, 11) is 0. The average molecular weight is 649 g/mol. The molecule has 0 amide bonds. The van der Waals surface area contributed by atoms with Gasteiger partial charge < -0.3 is 9.52 Å². The fourth-order valence-electron chi connectivity index (χ4n) is 3.44. The Hall–Kier alpha value is -2.75. The standard InChI is InChI=1S/C19H14NO.C11H20O2.Ir/c1-12-9-13(2)11-14(10-12)18-19-16(7-8-21-19)15-5-3-4-6-17(15)20-18;1-10(2,3)8(12)7-9(13)11(4,5)6;/h3-10H,1-2H3;7,12H,1-6H3;/q-1;;/b;8-7-;. The molecule has 0 bridgehead atoms. The van der Waals surface area contributed by atoms with Gasteiger partial charge in [-0.25, -0.2) is 0 Å². The summed E-state index contributed by atoms with van der Waals surface area (Å²) in [5.74, 6) is 0.104. The first-order chi connectivity index (χ1) is 15.8. The zero-order valence-electron chi connectivity index (χ0n) is 21.7. The van der Waals surface area contributed by atoms with Crippen LogP contribution >= 0.6 is 0 Å². The van der Waals surface area contributed by atoms with E-state index >= 15 is 0 Å². The molecule has 0 aliphatic heterocycles. The van der Waals surface area contributed by atoms with E-state index in [9.17, 15) is 9.90 Å². The number of aliphatic hydroxyl groups excluding tert-OH is 1. The number of allylic oxidation sites excluding steroid dienone is 2. The van der Waals surface area contributed by atoms with Gasteiger partial charge in [-0.1, -0.05) is 73.6 Å². The number of furan rings is 1. The number of carbonyl (C=O) groups excluding carboxylic acids is 1. The van der Waals surface area contributed by atoms with Crippen molar-refractivity contribution in [2.24, 2.45) is 10.8 Å². The van der Waals surface area contributed by atoms with E-state index in [1.54, 1.807) is 6.26 Å². The molecule has 0 aliphatic rings. The molecule has 1 N–H and O–H groups in total. The number of hydrogen-bond acceptors (Lipinski definition) is 4. The minimum absolute atomic E-state index is 0. The number of aromatic nitrogens is 1. The zero-order chi connectivity index (χ0) is 25.3. The fourth-order valence-corrected chi connectivity index (χ4v) is 3.44. The summed E-state index contributed by atoms with van der Waals surface area (Å²) in [5, 5.41) is 11.8. The Kier molecular flexibility index (Phi) is 8.86. The van der Waals surface area contributed by atoms with E-state index in [2.05, 4.69) is 38.1 Å². The Morgan fingerprint density at radius 3 is 2.23 bits per heavy atom. The molecule has 2 heterocycles. The van der Waals surface area contributed by atoms with Crippen molar-refractivity contribution in [1.29, 1.82) is 0 Å². The van der Waals surface area contributed by atoms with Crippen molar-refractivity contribution >= 4 is 27.7 Å². The second-order valence-corrected chi connectivity index (χ2v) is 10.8. The van der Waals surface area contributed by atoms with Gasteiger partial charge in [-0.15, -0.1) is 34.9 Å². The number of para-hydroxylation sites is 1. The van der Waals surface area contributed by atoms with E-state index in [-0.39, 0.29) is 37.1 Å². The molecule has 0 saturated carbocycles.